The Hall–Kier alpha value is -3.09. The minimum atomic E-state index is 0.209. The van der Waals surface area contributed by atoms with Crippen LogP contribution in [0.1, 0.15) is 39.0 Å². The molecule has 0 aliphatic carbocycles. The Balaban J connectivity index is 2.39. The molecule has 1 saturated heterocycles. The van der Waals surface area contributed by atoms with Crippen LogP contribution in [-0.4, -0.2) is 35.9 Å². The lowest BCUT2D eigenvalue weighted by Crippen LogP contribution is -2.20. The van der Waals surface area contributed by atoms with E-state index in [2.05, 4.69) is 54.8 Å². The summed E-state index contributed by atoms with van der Waals surface area (Å²) in [6.07, 6.45) is 5.42. The van der Waals surface area contributed by atoms with Crippen LogP contribution in [0, 0.1) is 0 Å². The van der Waals surface area contributed by atoms with Gasteiger partial charge in [-0.15, -0.1) is 5.10 Å². The lowest BCUT2D eigenvalue weighted by atomic mass is 10.2. The maximum atomic E-state index is 5.73. The average Bonchev–Trinajstić information content (AvgIpc) is 2.94. The summed E-state index contributed by atoms with van der Waals surface area (Å²) in [6.45, 7) is 24.9. The van der Waals surface area contributed by atoms with Crippen LogP contribution in [0.5, 0.6) is 0 Å². The Labute approximate surface area is 162 Å². The molecule has 0 atom stereocenters. The molecule has 1 aliphatic rings. The lowest BCUT2D eigenvalue weighted by molar-refractivity contribution is -0.0596. The van der Waals surface area contributed by atoms with E-state index in [4.69, 9.17) is 9.68 Å². The molecular weight excluding hydrogens is 342 g/mol. The van der Waals surface area contributed by atoms with Gasteiger partial charge in [-0.1, -0.05) is 26.3 Å². The van der Waals surface area contributed by atoms with E-state index < -0.39 is 0 Å². The smallest absolute Gasteiger partial charge is 0.218 e. The molecule has 0 amide bonds. The minimum Gasteiger partial charge on any atom is -0.380 e. The number of hydrogen-bond donors (Lipinski definition) is 0. The van der Waals surface area contributed by atoms with Gasteiger partial charge < -0.3 is 9.68 Å². The third-order valence-corrected chi connectivity index (χ3v) is 3.78. The van der Waals surface area contributed by atoms with Gasteiger partial charge in [-0.2, -0.15) is 10.2 Å². The lowest BCUT2D eigenvalue weighted by Gasteiger charge is -2.23. The van der Waals surface area contributed by atoms with Crippen LogP contribution in [0.15, 0.2) is 76.7 Å². The molecular formula is C20H29N5O2. The summed E-state index contributed by atoms with van der Waals surface area (Å²) in [5.41, 5.74) is 2.57. The predicted molar refractivity (Wildman–Crippen MR) is 112 cm³/mol. The van der Waals surface area contributed by atoms with Gasteiger partial charge >= 0.3 is 0 Å². The van der Waals surface area contributed by atoms with Crippen molar-refractivity contribution in [2.24, 2.45) is 15.2 Å². The molecule has 1 heterocycles. The second-order valence-electron chi connectivity index (χ2n) is 5.94. The molecule has 0 unspecified atom stereocenters. The topological polar surface area (TPSA) is 62.0 Å². The van der Waals surface area contributed by atoms with Gasteiger partial charge in [0.15, 0.2) is 5.76 Å². The van der Waals surface area contributed by atoms with Gasteiger partial charge in [-0.25, -0.2) is 10.1 Å². The molecule has 0 bridgehead atoms. The minimum absolute atomic E-state index is 0.209. The third-order valence-electron chi connectivity index (χ3n) is 3.78. The molecule has 7 nitrogen and oxygen atoms in total. The van der Waals surface area contributed by atoms with E-state index in [-0.39, 0.29) is 11.6 Å². The van der Waals surface area contributed by atoms with Crippen molar-refractivity contribution in [3.63, 3.8) is 0 Å². The number of aliphatic imine (C=N–C) groups is 1. The standard InChI is InChI=1S/C20H29N5O2/c1-9-22-23-20(21-7)19(6)27-24(8)15(2)11-10-12-18(5)26-25-16(3)13-14-17(25)4/h9H,2-7,10-14H2,1,8H3/b22-9-,23-20-. The van der Waals surface area contributed by atoms with Crippen molar-refractivity contribution < 1.29 is 9.68 Å². The van der Waals surface area contributed by atoms with Crippen molar-refractivity contribution in [3.8, 4) is 0 Å². The molecule has 1 rings (SSSR count). The van der Waals surface area contributed by atoms with E-state index in [0.29, 0.717) is 18.6 Å². The van der Waals surface area contributed by atoms with E-state index in [1.165, 1.54) is 11.3 Å². The number of hydroxylamine groups is 4. The molecule has 1 fully saturated rings. The number of amidine groups is 1. The summed E-state index contributed by atoms with van der Waals surface area (Å²) in [5, 5.41) is 10.8. The van der Waals surface area contributed by atoms with E-state index in [1.807, 2.05) is 0 Å². The van der Waals surface area contributed by atoms with Gasteiger partial charge in [0, 0.05) is 25.4 Å². The van der Waals surface area contributed by atoms with Crippen molar-refractivity contribution in [2.45, 2.75) is 39.0 Å². The highest BCUT2D eigenvalue weighted by atomic mass is 16.7. The Bertz CT molecular complexity index is 674. The highest BCUT2D eigenvalue weighted by Gasteiger charge is 2.21. The van der Waals surface area contributed by atoms with Crippen molar-refractivity contribution in [3.05, 3.63) is 61.5 Å². The van der Waals surface area contributed by atoms with Gasteiger partial charge in [0.1, 0.15) is 5.76 Å². The molecule has 27 heavy (non-hydrogen) atoms. The fraction of sp³-hybridized carbons (Fsp3) is 0.350. The Morgan fingerprint density at radius 3 is 2.37 bits per heavy atom. The average molecular weight is 371 g/mol. The first-order valence-corrected chi connectivity index (χ1v) is 8.62. The molecule has 1 aliphatic heterocycles. The molecule has 0 aromatic heterocycles. The van der Waals surface area contributed by atoms with E-state index in [9.17, 15) is 0 Å². The summed E-state index contributed by atoms with van der Waals surface area (Å²) in [4.78, 5) is 15.0. The zero-order valence-electron chi connectivity index (χ0n) is 16.4. The van der Waals surface area contributed by atoms with Crippen LogP contribution in [0.2, 0.25) is 0 Å². The largest absolute Gasteiger partial charge is 0.380 e. The first-order chi connectivity index (χ1) is 12.8. The molecule has 0 N–H and O–H groups in total. The molecule has 0 radical (unpaired) electrons. The molecule has 0 aromatic rings. The van der Waals surface area contributed by atoms with Gasteiger partial charge in [0.2, 0.25) is 5.84 Å². The predicted octanol–water partition coefficient (Wildman–Crippen LogP) is 4.72. The van der Waals surface area contributed by atoms with Crippen LogP contribution in [0.4, 0.5) is 0 Å². The van der Waals surface area contributed by atoms with Gasteiger partial charge in [0.25, 0.3) is 0 Å². The molecule has 0 aromatic carbocycles. The Kier molecular flexibility index (Phi) is 8.78. The SMILES string of the molecule is C=N/C(=N\N=C/C)C(=C)ON(C)C(=C)CCCC(=C)ON1C(=C)CCC1=C. The fourth-order valence-electron chi connectivity index (χ4n) is 2.22. The zero-order valence-corrected chi connectivity index (χ0v) is 16.4. The zero-order chi connectivity index (χ0) is 20.4. The molecule has 0 saturated carbocycles. The normalized spacial score (nSPS) is 14.4. The molecule has 146 valence electrons. The summed E-state index contributed by atoms with van der Waals surface area (Å²) in [5.74, 6) is 1.10. The second kappa shape index (κ2) is 10.8. The highest BCUT2D eigenvalue weighted by molar-refractivity contribution is 5.98. The first-order valence-electron chi connectivity index (χ1n) is 8.62. The van der Waals surface area contributed by atoms with E-state index in [0.717, 1.165) is 36.4 Å². The molecule has 0 spiro atoms. The first kappa shape index (κ1) is 22.0. The summed E-state index contributed by atoms with van der Waals surface area (Å²) in [6, 6.07) is 0. The molecule has 7 heteroatoms. The number of nitrogens with zero attached hydrogens (tertiary/aromatic N) is 5. The van der Waals surface area contributed by atoms with Crippen LogP contribution in [0.25, 0.3) is 0 Å². The number of hydrogen-bond acceptors (Lipinski definition) is 6. The Morgan fingerprint density at radius 2 is 1.81 bits per heavy atom. The Morgan fingerprint density at radius 1 is 1.19 bits per heavy atom. The number of rotatable bonds is 11. The van der Waals surface area contributed by atoms with Gasteiger partial charge in [0.05, 0.1) is 11.4 Å². The van der Waals surface area contributed by atoms with Crippen molar-refractivity contribution >= 4 is 18.8 Å². The maximum absolute atomic E-state index is 5.73. The number of allylic oxidation sites excluding steroid dienone is 4. The van der Waals surface area contributed by atoms with Crippen LogP contribution in [-0.2, 0) is 9.68 Å². The fourth-order valence-corrected chi connectivity index (χ4v) is 2.22. The maximum Gasteiger partial charge on any atom is 0.218 e. The van der Waals surface area contributed by atoms with Crippen LogP contribution in [0.3, 0.4) is 0 Å². The van der Waals surface area contributed by atoms with Crippen molar-refractivity contribution in [2.75, 3.05) is 7.05 Å². The summed E-state index contributed by atoms with van der Waals surface area (Å²) < 4.78 is 0. The van der Waals surface area contributed by atoms with Crippen LogP contribution >= 0.6 is 0 Å². The summed E-state index contributed by atoms with van der Waals surface area (Å²) in [7, 11) is 1.74. The van der Waals surface area contributed by atoms with E-state index in [1.54, 1.807) is 19.0 Å². The second-order valence-corrected chi connectivity index (χ2v) is 5.94. The summed E-state index contributed by atoms with van der Waals surface area (Å²) >= 11 is 0. The third kappa shape index (κ3) is 6.97. The van der Waals surface area contributed by atoms with Gasteiger partial charge in [-0.3, -0.25) is 0 Å². The van der Waals surface area contributed by atoms with E-state index >= 15 is 0 Å². The van der Waals surface area contributed by atoms with Crippen molar-refractivity contribution in [1.82, 2.24) is 10.1 Å². The van der Waals surface area contributed by atoms with Crippen LogP contribution < -0.4 is 0 Å². The quantitative estimate of drug-likeness (QED) is 0.228. The van der Waals surface area contributed by atoms with Crippen molar-refractivity contribution in [1.29, 1.82) is 0 Å². The van der Waals surface area contributed by atoms with Gasteiger partial charge in [-0.05, 0) is 45.9 Å². The highest BCUT2D eigenvalue weighted by Crippen LogP contribution is 2.30. The monoisotopic (exact) mass is 371 g/mol.